The fraction of sp³-hybridized carbons (Fsp3) is 0.385. The molecule has 1 rings (SSSR count). The third-order valence-electron chi connectivity index (χ3n) is 2.49. The van der Waals surface area contributed by atoms with Crippen molar-refractivity contribution in [1.82, 2.24) is 0 Å². The number of aliphatic hydroxyl groups is 1. The smallest absolute Gasteiger partial charge is 0.0651 e. The van der Waals surface area contributed by atoms with Crippen LogP contribution in [0.25, 0.3) is 6.08 Å². The normalized spacial score (nSPS) is 14.6. The molecule has 1 unspecified atom stereocenters. The highest BCUT2D eigenvalue weighted by Crippen LogP contribution is 2.18. The lowest BCUT2D eigenvalue weighted by Crippen LogP contribution is -2.26. The molecule has 1 aromatic rings. The number of hydrogen-bond acceptors (Lipinski definition) is 1. The van der Waals surface area contributed by atoms with E-state index in [1.165, 1.54) is 5.56 Å². The Bertz CT molecular complexity index is 293. The van der Waals surface area contributed by atoms with Gasteiger partial charge >= 0.3 is 0 Å². The zero-order chi connectivity index (χ0) is 10.6. The minimum Gasteiger partial charge on any atom is -0.390 e. The van der Waals surface area contributed by atoms with Crippen molar-refractivity contribution >= 4 is 6.08 Å². The summed E-state index contributed by atoms with van der Waals surface area (Å²) in [6, 6.07) is 10.1. The van der Waals surface area contributed by atoms with E-state index in [9.17, 15) is 5.11 Å². The predicted octanol–water partition coefficient (Wildman–Crippen LogP) is 3.11. The van der Waals surface area contributed by atoms with Gasteiger partial charge in [0.15, 0.2) is 0 Å². The van der Waals surface area contributed by atoms with Gasteiger partial charge in [-0.05, 0) is 19.4 Å². The molecule has 1 N–H and O–H groups in total. The Kier molecular flexibility index (Phi) is 3.48. The monoisotopic (exact) mass is 190 g/mol. The minimum atomic E-state index is -0.648. The van der Waals surface area contributed by atoms with Gasteiger partial charge in [0.05, 0.1) is 5.60 Å². The van der Waals surface area contributed by atoms with Crippen molar-refractivity contribution in [2.45, 2.75) is 26.4 Å². The third kappa shape index (κ3) is 3.35. The minimum absolute atomic E-state index is 0.155. The molecule has 0 radical (unpaired) electrons. The average molecular weight is 190 g/mol. The molecule has 0 aliphatic heterocycles. The maximum atomic E-state index is 9.71. The Morgan fingerprint density at radius 1 is 1.21 bits per heavy atom. The quantitative estimate of drug-likeness (QED) is 0.776. The fourth-order valence-electron chi connectivity index (χ4n) is 1.06. The van der Waals surface area contributed by atoms with Crippen LogP contribution in [0.2, 0.25) is 0 Å². The molecule has 0 bridgehead atoms. The van der Waals surface area contributed by atoms with E-state index in [0.717, 1.165) is 0 Å². The summed E-state index contributed by atoms with van der Waals surface area (Å²) >= 11 is 0. The maximum Gasteiger partial charge on any atom is 0.0651 e. The van der Waals surface area contributed by atoms with E-state index in [1.54, 1.807) is 0 Å². The average Bonchev–Trinajstić information content (AvgIpc) is 2.14. The van der Waals surface area contributed by atoms with Crippen molar-refractivity contribution in [2.75, 3.05) is 0 Å². The Hall–Kier alpha value is -1.08. The Balaban J connectivity index is 2.66. The second-order valence-corrected chi connectivity index (χ2v) is 4.21. The van der Waals surface area contributed by atoms with Crippen LogP contribution in [-0.2, 0) is 0 Å². The van der Waals surface area contributed by atoms with Crippen molar-refractivity contribution < 1.29 is 5.11 Å². The molecule has 0 saturated carbocycles. The molecular weight excluding hydrogens is 172 g/mol. The van der Waals surface area contributed by atoms with Gasteiger partial charge in [-0.25, -0.2) is 0 Å². The molecule has 0 aliphatic carbocycles. The van der Waals surface area contributed by atoms with E-state index in [-0.39, 0.29) is 5.92 Å². The van der Waals surface area contributed by atoms with Crippen molar-refractivity contribution in [3.05, 3.63) is 42.0 Å². The molecule has 0 amide bonds. The summed E-state index contributed by atoms with van der Waals surface area (Å²) in [7, 11) is 0. The summed E-state index contributed by atoms with van der Waals surface area (Å²) in [4.78, 5) is 0. The standard InChI is InChI=1S/C13H18O/c1-11(13(2,3)14)9-10-12-7-5-4-6-8-12/h4-11,14H,1-3H3/b10-9+. The first kappa shape index (κ1) is 11.0. The molecule has 0 spiro atoms. The summed E-state index contributed by atoms with van der Waals surface area (Å²) in [5.74, 6) is 0.155. The van der Waals surface area contributed by atoms with E-state index in [4.69, 9.17) is 0 Å². The molecule has 0 fully saturated rings. The lowest BCUT2D eigenvalue weighted by atomic mass is 9.92. The molecule has 76 valence electrons. The highest BCUT2D eigenvalue weighted by molar-refractivity contribution is 5.49. The van der Waals surface area contributed by atoms with E-state index < -0.39 is 5.60 Å². The summed E-state index contributed by atoms with van der Waals surface area (Å²) in [6.07, 6.45) is 4.08. The van der Waals surface area contributed by atoms with Crippen LogP contribution in [0.3, 0.4) is 0 Å². The van der Waals surface area contributed by atoms with Crippen LogP contribution < -0.4 is 0 Å². The summed E-state index contributed by atoms with van der Waals surface area (Å²) < 4.78 is 0. The Morgan fingerprint density at radius 2 is 1.79 bits per heavy atom. The number of benzene rings is 1. The van der Waals surface area contributed by atoms with E-state index in [1.807, 2.05) is 63.3 Å². The Labute approximate surface area is 86.1 Å². The Morgan fingerprint density at radius 3 is 2.29 bits per heavy atom. The second kappa shape index (κ2) is 4.43. The van der Waals surface area contributed by atoms with Crippen LogP contribution in [0.1, 0.15) is 26.3 Å². The van der Waals surface area contributed by atoms with E-state index in [0.29, 0.717) is 0 Å². The lowest BCUT2D eigenvalue weighted by Gasteiger charge is -2.22. The van der Waals surface area contributed by atoms with E-state index >= 15 is 0 Å². The van der Waals surface area contributed by atoms with Gasteiger partial charge in [-0.1, -0.05) is 49.4 Å². The van der Waals surface area contributed by atoms with Gasteiger partial charge in [0.1, 0.15) is 0 Å². The van der Waals surface area contributed by atoms with E-state index in [2.05, 4.69) is 0 Å². The second-order valence-electron chi connectivity index (χ2n) is 4.21. The lowest BCUT2D eigenvalue weighted by molar-refractivity contribution is 0.0444. The molecular formula is C13H18O. The van der Waals surface area contributed by atoms with Gasteiger partial charge in [0.2, 0.25) is 0 Å². The molecule has 1 nitrogen and oxygen atoms in total. The van der Waals surface area contributed by atoms with Gasteiger partial charge in [-0.3, -0.25) is 0 Å². The predicted molar refractivity (Wildman–Crippen MR) is 60.9 cm³/mol. The fourth-order valence-corrected chi connectivity index (χ4v) is 1.06. The van der Waals surface area contributed by atoms with Crippen LogP contribution in [0.4, 0.5) is 0 Å². The summed E-state index contributed by atoms with van der Waals surface area (Å²) in [5.41, 5.74) is 0.522. The highest BCUT2D eigenvalue weighted by atomic mass is 16.3. The summed E-state index contributed by atoms with van der Waals surface area (Å²) in [5, 5.41) is 9.71. The molecule has 0 saturated heterocycles. The number of hydrogen-bond donors (Lipinski definition) is 1. The van der Waals surface area contributed by atoms with Crippen molar-refractivity contribution in [3.8, 4) is 0 Å². The first-order valence-corrected chi connectivity index (χ1v) is 4.96. The van der Waals surface area contributed by atoms with Gasteiger partial charge in [0.25, 0.3) is 0 Å². The van der Waals surface area contributed by atoms with Crippen molar-refractivity contribution in [1.29, 1.82) is 0 Å². The van der Waals surface area contributed by atoms with Crippen LogP contribution >= 0.6 is 0 Å². The number of rotatable bonds is 3. The van der Waals surface area contributed by atoms with Crippen LogP contribution in [-0.4, -0.2) is 10.7 Å². The molecule has 0 aliphatic rings. The highest BCUT2D eigenvalue weighted by Gasteiger charge is 2.18. The van der Waals surface area contributed by atoms with Crippen molar-refractivity contribution in [2.24, 2.45) is 5.92 Å². The molecule has 14 heavy (non-hydrogen) atoms. The van der Waals surface area contributed by atoms with Crippen LogP contribution in [0.5, 0.6) is 0 Å². The largest absolute Gasteiger partial charge is 0.390 e. The molecule has 1 aromatic carbocycles. The third-order valence-corrected chi connectivity index (χ3v) is 2.49. The summed E-state index contributed by atoms with van der Waals surface area (Å²) in [6.45, 7) is 5.67. The molecule has 0 heterocycles. The molecule has 1 atom stereocenters. The first-order valence-electron chi connectivity index (χ1n) is 4.96. The first-order chi connectivity index (χ1) is 6.50. The van der Waals surface area contributed by atoms with Crippen LogP contribution in [0.15, 0.2) is 36.4 Å². The van der Waals surface area contributed by atoms with Gasteiger partial charge in [0, 0.05) is 5.92 Å². The molecule has 0 aromatic heterocycles. The van der Waals surface area contributed by atoms with Gasteiger partial charge < -0.3 is 5.11 Å². The van der Waals surface area contributed by atoms with Crippen molar-refractivity contribution in [3.63, 3.8) is 0 Å². The van der Waals surface area contributed by atoms with Crippen LogP contribution in [0, 0.1) is 5.92 Å². The zero-order valence-electron chi connectivity index (χ0n) is 9.07. The zero-order valence-corrected chi connectivity index (χ0v) is 9.07. The SMILES string of the molecule is CC(/C=C/c1ccccc1)C(C)(C)O. The maximum absolute atomic E-state index is 9.71. The van der Waals surface area contributed by atoms with Gasteiger partial charge in [-0.15, -0.1) is 0 Å². The topological polar surface area (TPSA) is 20.2 Å². The molecule has 1 heteroatoms. The van der Waals surface area contributed by atoms with Gasteiger partial charge in [-0.2, -0.15) is 0 Å².